The van der Waals surface area contributed by atoms with Gasteiger partial charge >= 0.3 is 17.4 Å². The van der Waals surface area contributed by atoms with Crippen LogP contribution in [-0.4, -0.2) is 21.3 Å². The molecule has 0 spiro atoms. The predicted molar refractivity (Wildman–Crippen MR) is 43.5 cm³/mol. The summed E-state index contributed by atoms with van der Waals surface area (Å²) in [6.45, 7) is 0. The minimum absolute atomic E-state index is 0. The van der Waals surface area contributed by atoms with E-state index in [-0.39, 0.29) is 24.8 Å². The van der Waals surface area contributed by atoms with Crippen molar-refractivity contribution in [2.75, 3.05) is 21.3 Å². The zero-order valence-corrected chi connectivity index (χ0v) is 9.03. The summed E-state index contributed by atoms with van der Waals surface area (Å²) in [5, 5.41) is 0. The van der Waals surface area contributed by atoms with Crippen LogP contribution in [0.15, 0.2) is 0 Å². The Balaban J connectivity index is -0.0000000150. The summed E-state index contributed by atoms with van der Waals surface area (Å²) < 4.78 is 12.0. The largest absolute Gasteiger partial charge is 4.00 e. The average Bonchev–Trinajstić information content (AvgIpc) is 1.70. The van der Waals surface area contributed by atoms with Gasteiger partial charge in [-0.15, -0.1) is 0 Å². The fourth-order valence-corrected chi connectivity index (χ4v) is 0. The summed E-state index contributed by atoms with van der Waals surface area (Å²) in [4.78, 5) is 0. The number of hydrogen-bond acceptors (Lipinski definition) is 3. The third-order valence-corrected chi connectivity index (χ3v) is 0. The smallest absolute Gasteiger partial charge is 0.557 e. The first-order valence-corrected chi connectivity index (χ1v) is 2.09. The fourth-order valence-electron chi connectivity index (χ4n) is 0. The Bertz CT molecular complexity index is 18.4. The number of methoxy groups -OCH3 is 3. The van der Waals surface area contributed by atoms with Crippen LogP contribution in [0.4, 0.5) is 0 Å². The van der Waals surface area contributed by atoms with Crippen molar-refractivity contribution in [2.45, 2.75) is 0 Å². The Labute approximate surface area is 82.2 Å². The van der Waals surface area contributed by atoms with Gasteiger partial charge in [-0.2, -0.15) is 0 Å². The molecule has 0 saturated carbocycles. The van der Waals surface area contributed by atoms with Crippen molar-refractivity contribution in [2.24, 2.45) is 0 Å². The van der Waals surface area contributed by atoms with Crippen LogP contribution in [0, 0.1) is 28.8 Å². The van der Waals surface area contributed by atoms with E-state index in [1.54, 1.807) is 0 Å². The quantitative estimate of drug-likeness (QED) is 0.560. The van der Waals surface area contributed by atoms with Crippen LogP contribution >= 0.6 is 0 Å². The Morgan fingerprint density at radius 3 is 0.727 bits per heavy atom. The first kappa shape index (κ1) is 30.1. The van der Waals surface area contributed by atoms with E-state index in [9.17, 15) is 0 Å². The van der Waals surface area contributed by atoms with Gasteiger partial charge in [0, 0.05) is 0 Å². The van der Waals surface area contributed by atoms with Gasteiger partial charge in [0.05, 0.1) is 0 Å². The van der Waals surface area contributed by atoms with Crippen LogP contribution in [0.3, 0.4) is 0 Å². The van der Waals surface area contributed by atoms with Crippen LogP contribution < -0.4 is 0 Å². The molecule has 0 aliphatic carbocycles. The molecule has 0 amide bonds. The number of rotatable bonds is 0. The van der Waals surface area contributed by atoms with Gasteiger partial charge < -0.3 is 21.6 Å². The first-order valence-electron chi connectivity index (χ1n) is 2.09. The molecule has 0 saturated heterocycles. The van der Waals surface area contributed by atoms with Gasteiger partial charge in [-0.3, -0.25) is 0 Å². The molecule has 0 N–H and O–H groups in total. The van der Waals surface area contributed by atoms with E-state index < -0.39 is 0 Å². The molecule has 70 valence electrons. The maximum Gasteiger partial charge on any atom is 4.00 e. The van der Waals surface area contributed by atoms with E-state index in [1.165, 1.54) is 21.3 Å². The topological polar surface area (TPSA) is 27.7 Å². The zero-order valence-electron chi connectivity index (χ0n) is 7.75. The second-order valence-electron chi connectivity index (χ2n) is 0.866. The average molecular weight is 202 g/mol. The summed E-state index contributed by atoms with van der Waals surface area (Å²) in [7, 11) is 13.5. The molecule has 0 aromatic heterocycles. The maximum atomic E-state index is 4.00. The second-order valence-corrected chi connectivity index (χ2v) is 0.866. The molecule has 0 aromatic carbocycles. The number of hydrogen-bond donors (Lipinski definition) is 0. The number of ether oxygens (including phenoxy) is 3. The molecule has 0 rings (SSSR count). The molecule has 0 aliphatic rings. The summed E-state index contributed by atoms with van der Waals surface area (Å²) in [5.41, 5.74) is 0. The van der Waals surface area contributed by atoms with Crippen LogP contribution in [0.5, 0.6) is 0 Å². The van der Waals surface area contributed by atoms with E-state index in [4.69, 9.17) is 0 Å². The van der Waals surface area contributed by atoms with Gasteiger partial charge in [0.25, 0.3) is 0 Å². The maximum absolute atomic E-state index is 4.00. The van der Waals surface area contributed by atoms with Gasteiger partial charge in [0.2, 0.25) is 0 Å². The third-order valence-electron chi connectivity index (χ3n) is 0. The molecule has 0 radical (unpaired) electrons. The minimum Gasteiger partial charge on any atom is -0.557 e. The van der Waals surface area contributed by atoms with Crippen LogP contribution in [0.2, 0.25) is 0 Å². The van der Waals surface area contributed by atoms with Gasteiger partial charge in [0.15, 0.2) is 0 Å². The van der Waals surface area contributed by atoms with E-state index in [1.807, 2.05) is 0 Å². The van der Waals surface area contributed by atoms with Crippen molar-refractivity contribution in [3.8, 4) is 0 Å². The molecule has 0 bridgehead atoms. The fraction of sp³-hybridized carbons (Fsp3) is 0.429. The summed E-state index contributed by atoms with van der Waals surface area (Å²) >= 11 is 0. The predicted octanol–water partition coefficient (Wildman–Crippen LogP) is 1.72. The Morgan fingerprint density at radius 1 is 0.727 bits per heavy atom. The Morgan fingerprint density at radius 2 is 0.727 bits per heavy atom. The molecule has 0 aromatic rings. The zero-order chi connectivity index (χ0) is 8.12. The molecule has 0 heterocycles. The normalized spacial score (nSPS) is 4.91. The van der Waals surface area contributed by atoms with Crippen molar-refractivity contribution in [3.05, 3.63) is 28.8 Å². The molecule has 4 heteroatoms. The molecular weight excluding hydrogens is 184 g/mol. The van der Waals surface area contributed by atoms with Crippen molar-refractivity contribution >= 4 is 0 Å². The molecule has 0 unspecified atom stereocenters. The van der Waals surface area contributed by atoms with Crippen molar-refractivity contribution < 1.29 is 31.6 Å². The Kier molecular flexibility index (Phi) is 217. The SMILES string of the molecule is [CH2-]OC.[CH2-]OC.[CH2-]OC.[CH3-].[Cr+4]. The summed E-state index contributed by atoms with van der Waals surface area (Å²) in [5.74, 6) is 0. The molecule has 0 aliphatic heterocycles. The molecular formula is C7H18CrO3. The van der Waals surface area contributed by atoms with E-state index in [0.29, 0.717) is 0 Å². The van der Waals surface area contributed by atoms with E-state index in [0.717, 1.165) is 0 Å². The molecule has 0 fully saturated rings. The van der Waals surface area contributed by atoms with Gasteiger partial charge in [-0.05, 0) is 21.3 Å². The van der Waals surface area contributed by atoms with Crippen LogP contribution in [0.1, 0.15) is 0 Å². The van der Waals surface area contributed by atoms with E-state index in [2.05, 4.69) is 35.5 Å². The molecule has 11 heavy (non-hydrogen) atoms. The third kappa shape index (κ3) is 4330. The molecule has 3 nitrogen and oxygen atoms in total. The van der Waals surface area contributed by atoms with Gasteiger partial charge in [0.1, 0.15) is 0 Å². The summed E-state index contributed by atoms with van der Waals surface area (Å²) in [6, 6.07) is 0. The van der Waals surface area contributed by atoms with Crippen molar-refractivity contribution in [1.82, 2.24) is 0 Å². The molecule has 0 atom stereocenters. The Hall–Kier alpha value is 0.412. The summed E-state index contributed by atoms with van der Waals surface area (Å²) in [6.07, 6.45) is 0. The second kappa shape index (κ2) is 79.2. The standard InChI is InChI=1S/3C2H5O.CH3.Cr/c3*1-3-2;;/h3*1H2,2H3;1H3;/q4*-1;+4. The van der Waals surface area contributed by atoms with Crippen LogP contribution in [0.25, 0.3) is 0 Å². The van der Waals surface area contributed by atoms with Crippen molar-refractivity contribution in [1.29, 1.82) is 0 Å². The minimum atomic E-state index is 0. The van der Waals surface area contributed by atoms with Crippen LogP contribution in [-0.2, 0) is 31.6 Å². The van der Waals surface area contributed by atoms with Gasteiger partial charge in [-0.1, -0.05) is 0 Å². The van der Waals surface area contributed by atoms with E-state index >= 15 is 0 Å². The van der Waals surface area contributed by atoms with Crippen molar-refractivity contribution in [3.63, 3.8) is 0 Å². The van der Waals surface area contributed by atoms with Gasteiger partial charge in [-0.25, -0.2) is 21.3 Å². The first-order chi connectivity index (χ1) is 4.24. The monoisotopic (exact) mass is 202 g/mol.